The standard InChI is InChI=1S/C19H25N5O2/c1-4-6-15-17-18(23(3)22-15)19(25)24(16(5-2)21-17)11-12-26-14-9-7-13(20)8-10-14/h7-10H,4-6,11-12,20H2,1-3H3. The summed E-state index contributed by atoms with van der Waals surface area (Å²) in [5, 5.41) is 4.49. The Kier molecular flexibility index (Phi) is 5.25. The Morgan fingerprint density at radius 1 is 1.19 bits per heavy atom. The van der Waals surface area contributed by atoms with Gasteiger partial charge in [0.15, 0.2) is 5.52 Å². The quantitative estimate of drug-likeness (QED) is 0.657. The highest BCUT2D eigenvalue weighted by Gasteiger charge is 2.17. The van der Waals surface area contributed by atoms with Gasteiger partial charge in [0.1, 0.15) is 23.7 Å². The minimum absolute atomic E-state index is 0.0647. The van der Waals surface area contributed by atoms with Crippen molar-refractivity contribution in [2.24, 2.45) is 7.05 Å². The molecule has 0 fully saturated rings. The van der Waals surface area contributed by atoms with Crippen LogP contribution in [0.5, 0.6) is 5.75 Å². The third kappa shape index (κ3) is 3.42. The molecule has 7 heteroatoms. The molecule has 0 radical (unpaired) electrons. The second kappa shape index (κ2) is 7.59. The van der Waals surface area contributed by atoms with Crippen LogP contribution in [0, 0.1) is 0 Å². The van der Waals surface area contributed by atoms with Crippen LogP contribution in [0.1, 0.15) is 31.8 Å². The summed E-state index contributed by atoms with van der Waals surface area (Å²) in [6.07, 6.45) is 2.46. The van der Waals surface area contributed by atoms with Crippen molar-refractivity contribution in [1.29, 1.82) is 0 Å². The van der Waals surface area contributed by atoms with E-state index in [2.05, 4.69) is 12.0 Å². The van der Waals surface area contributed by atoms with Gasteiger partial charge in [0.25, 0.3) is 5.56 Å². The van der Waals surface area contributed by atoms with Gasteiger partial charge in [-0.1, -0.05) is 20.3 Å². The Morgan fingerprint density at radius 2 is 1.92 bits per heavy atom. The van der Waals surface area contributed by atoms with Crippen molar-refractivity contribution >= 4 is 16.7 Å². The predicted molar refractivity (Wildman–Crippen MR) is 102 cm³/mol. The van der Waals surface area contributed by atoms with E-state index in [1.165, 1.54) is 0 Å². The zero-order valence-corrected chi connectivity index (χ0v) is 15.5. The van der Waals surface area contributed by atoms with Crippen LogP contribution in [0.3, 0.4) is 0 Å². The summed E-state index contributed by atoms with van der Waals surface area (Å²) in [6, 6.07) is 7.21. The second-order valence-corrected chi connectivity index (χ2v) is 6.27. The number of hydrogen-bond donors (Lipinski definition) is 1. The third-order valence-corrected chi connectivity index (χ3v) is 4.36. The van der Waals surface area contributed by atoms with Crippen LogP contribution in [-0.2, 0) is 26.4 Å². The van der Waals surface area contributed by atoms with Crippen LogP contribution in [-0.4, -0.2) is 25.9 Å². The molecule has 0 atom stereocenters. The number of nitrogens with zero attached hydrogens (tertiary/aromatic N) is 4. The maximum absolute atomic E-state index is 13.0. The minimum Gasteiger partial charge on any atom is -0.492 e. The molecule has 3 aromatic rings. The fourth-order valence-corrected chi connectivity index (χ4v) is 3.08. The summed E-state index contributed by atoms with van der Waals surface area (Å²) in [5.74, 6) is 1.49. The Bertz CT molecular complexity index is 957. The summed E-state index contributed by atoms with van der Waals surface area (Å²) in [5.41, 5.74) is 8.48. The number of fused-ring (bicyclic) bond motifs is 1. The van der Waals surface area contributed by atoms with E-state index in [9.17, 15) is 4.79 Å². The number of nitrogens with two attached hydrogens (primary N) is 1. The number of ether oxygens (including phenoxy) is 1. The molecule has 0 saturated carbocycles. The maximum Gasteiger partial charge on any atom is 0.279 e. The molecule has 0 bridgehead atoms. The lowest BCUT2D eigenvalue weighted by molar-refractivity contribution is 0.293. The van der Waals surface area contributed by atoms with Gasteiger partial charge in [0, 0.05) is 19.2 Å². The largest absolute Gasteiger partial charge is 0.492 e. The van der Waals surface area contributed by atoms with E-state index in [1.54, 1.807) is 28.4 Å². The van der Waals surface area contributed by atoms with E-state index in [4.69, 9.17) is 15.5 Å². The Morgan fingerprint density at radius 3 is 2.58 bits per heavy atom. The zero-order valence-electron chi connectivity index (χ0n) is 15.5. The molecule has 0 amide bonds. The van der Waals surface area contributed by atoms with Gasteiger partial charge < -0.3 is 10.5 Å². The molecular formula is C19H25N5O2. The topological polar surface area (TPSA) is 88.0 Å². The van der Waals surface area contributed by atoms with Gasteiger partial charge in [-0.15, -0.1) is 0 Å². The van der Waals surface area contributed by atoms with Crippen LogP contribution in [0.15, 0.2) is 29.1 Å². The van der Waals surface area contributed by atoms with E-state index in [0.717, 1.165) is 35.6 Å². The number of benzene rings is 1. The molecule has 26 heavy (non-hydrogen) atoms. The first-order valence-corrected chi connectivity index (χ1v) is 8.98. The fraction of sp³-hybridized carbons (Fsp3) is 0.421. The van der Waals surface area contributed by atoms with E-state index in [0.29, 0.717) is 30.8 Å². The molecule has 0 aliphatic rings. The monoisotopic (exact) mass is 355 g/mol. The summed E-state index contributed by atoms with van der Waals surface area (Å²) in [6.45, 7) is 4.91. The summed E-state index contributed by atoms with van der Waals surface area (Å²) in [4.78, 5) is 17.8. The molecule has 2 aromatic heterocycles. The number of aromatic nitrogens is 4. The summed E-state index contributed by atoms with van der Waals surface area (Å²) < 4.78 is 9.08. The van der Waals surface area contributed by atoms with E-state index >= 15 is 0 Å². The van der Waals surface area contributed by atoms with Gasteiger partial charge in [-0.25, -0.2) is 4.98 Å². The van der Waals surface area contributed by atoms with Crippen LogP contribution < -0.4 is 16.0 Å². The lowest BCUT2D eigenvalue weighted by Crippen LogP contribution is -2.28. The number of aryl methyl sites for hydroxylation is 3. The first-order valence-electron chi connectivity index (χ1n) is 8.98. The van der Waals surface area contributed by atoms with Gasteiger partial charge in [-0.05, 0) is 30.7 Å². The molecule has 138 valence electrons. The van der Waals surface area contributed by atoms with Crippen molar-refractivity contribution < 1.29 is 4.74 Å². The number of anilines is 1. The third-order valence-electron chi connectivity index (χ3n) is 4.36. The molecule has 2 N–H and O–H groups in total. The smallest absolute Gasteiger partial charge is 0.279 e. The number of nitrogen functional groups attached to an aromatic ring is 1. The van der Waals surface area contributed by atoms with Crippen molar-refractivity contribution in [3.05, 3.63) is 46.1 Å². The average molecular weight is 355 g/mol. The van der Waals surface area contributed by atoms with Gasteiger partial charge in [0.05, 0.1) is 12.2 Å². The van der Waals surface area contributed by atoms with Crippen molar-refractivity contribution in [2.75, 3.05) is 12.3 Å². The molecule has 2 heterocycles. The molecule has 0 aliphatic heterocycles. The average Bonchev–Trinajstić information content (AvgIpc) is 2.94. The lowest BCUT2D eigenvalue weighted by Gasteiger charge is -2.12. The van der Waals surface area contributed by atoms with Crippen molar-refractivity contribution in [1.82, 2.24) is 19.3 Å². The molecular weight excluding hydrogens is 330 g/mol. The maximum atomic E-state index is 13.0. The van der Waals surface area contributed by atoms with Gasteiger partial charge >= 0.3 is 0 Å². The molecule has 0 unspecified atom stereocenters. The van der Waals surface area contributed by atoms with Crippen LogP contribution in [0.2, 0.25) is 0 Å². The van der Waals surface area contributed by atoms with Crippen LogP contribution >= 0.6 is 0 Å². The van der Waals surface area contributed by atoms with Crippen LogP contribution in [0.25, 0.3) is 11.0 Å². The van der Waals surface area contributed by atoms with Crippen molar-refractivity contribution in [2.45, 2.75) is 39.7 Å². The highest BCUT2D eigenvalue weighted by atomic mass is 16.5. The Balaban J connectivity index is 1.89. The van der Waals surface area contributed by atoms with Crippen molar-refractivity contribution in [3.8, 4) is 5.75 Å². The molecule has 0 saturated heterocycles. The summed E-state index contributed by atoms with van der Waals surface area (Å²) in [7, 11) is 1.80. The van der Waals surface area contributed by atoms with Gasteiger partial charge in [0.2, 0.25) is 0 Å². The number of rotatable bonds is 7. The Hall–Kier alpha value is -2.83. The molecule has 0 spiro atoms. The lowest BCUT2D eigenvalue weighted by atomic mass is 10.2. The van der Waals surface area contributed by atoms with Gasteiger partial charge in [-0.3, -0.25) is 14.0 Å². The predicted octanol–water partition coefficient (Wildman–Crippen LogP) is 2.31. The molecule has 7 nitrogen and oxygen atoms in total. The number of hydrogen-bond acceptors (Lipinski definition) is 5. The zero-order chi connectivity index (χ0) is 18.7. The van der Waals surface area contributed by atoms with Crippen molar-refractivity contribution in [3.63, 3.8) is 0 Å². The SMILES string of the molecule is CCCc1nn(C)c2c(=O)n(CCOc3ccc(N)cc3)c(CC)nc12. The van der Waals surface area contributed by atoms with E-state index in [-0.39, 0.29) is 5.56 Å². The highest BCUT2D eigenvalue weighted by Crippen LogP contribution is 2.16. The van der Waals surface area contributed by atoms with Crippen LogP contribution in [0.4, 0.5) is 5.69 Å². The summed E-state index contributed by atoms with van der Waals surface area (Å²) >= 11 is 0. The molecule has 3 rings (SSSR count). The van der Waals surface area contributed by atoms with Gasteiger partial charge in [-0.2, -0.15) is 5.10 Å². The normalized spacial score (nSPS) is 11.2. The minimum atomic E-state index is -0.0647. The first kappa shape index (κ1) is 18.0. The molecule has 1 aromatic carbocycles. The second-order valence-electron chi connectivity index (χ2n) is 6.27. The highest BCUT2D eigenvalue weighted by molar-refractivity contribution is 5.76. The fourth-order valence-electron chi connectivity index (χ4n) is 3.08. The molecule has 0 aliphatic carbocycles. The van der Waals surface area contributed by atoms with E-state index in [1.807, 2.05) is 19.1 Å². The first-order chi connectivity index (χ1) is 12.5. The van der Waals surface area contributed by atoms with E-state index < -0.39 is 0 Å². The Labute approximate surface area is 152 Å².